The van der Waals surface area contributed by atoms with Gasteiger partial charge in [-0.1, -0.05) is 6.92 Å². The quantitative estimate of drug-likeness (QED) is 0.870. The third kappa shape index (κ3) is 2.76. The fourth-order valence-corrected chi connectivity index (χ4v) is 3.98. The fraction of sp³-hybridized carbons (Fsp3) is 0.667. The minimum Gasteiger partial charge on any atom is -0.464 e. The van der Waals surface area contributed by atoms with Crippen molar-refractivity contribution < 1.29 is 12.8 Å². The Bertz CT molecular complexity index is 521. The smallest absolute Gasteiger partial charge is 0.244 e. The molecule has 5 nitrogen and oxygen atoms in total. The summed E-state index contributed by atoms with van der Waals surface area (Å²) in [7, 11) is -3.49. The molecule has 0 aromatic carbocycles. The lowest BCUT2D eigenvalue weighted by Crippen LogP contribution is -2.33. The van der Waals surface area contributed by atoms with Crippen LogP contribution in [0.2, 0.25) is 0 Å². The van der Waals surface area contributed by atoms with Crippen molar-refractivity contribution in [2.75, 3.05) is 0 Å². The average molecular weight is 272 g/mol. The Morgan fingerprint density at radius 3 is 2.72 bits per heavy atom. The van der Waals surface area contributed by atoms with E-state index in [2.05, 4.69) is 11.6 Å². The van der Waals surface area contributed by atoms with Gasteiger partial charge in [0.1, 0.15) is 16.4 Å². The second-order valence-electron chi connectivity index (χ2n) is 5.07. The summed E-state index contributed by atoms with van der Waals surface area (Å²) < 4.78 is 32.5. The number of nitrogens with one attached hydrogen (secondary N) is 1. The zero-order valence-corrected chi connectivity index (χ0v) is 11.6. The van der Waals surface area contributed by atoms with E-state index in [1.807, 2.05) is 0 Å². The minimum atomic E-state index is -3.49. The van der Waals surface area contributed by atoms with E-state index < -0.39 is 10.0 Å². The van der Waals surface area contributed by atoms with E-state index in [4.69, 9.17) is 10.2 Å². The van der Waals surface area contributed by atoms with E-state index in [1.165, 1.54) is 6.07 Å². The van der Waals surface area contributed by atoms with E-state index in [9.17, 15) is 8.42 Å². The van der Waals surface area contributed by atoms with Gasteiger partial charge in [0.05, 0.1) is 6.54 Å². The first-order valence-electron chi connectivity index (χ1n) is 6.24. The van der Waals surface area contributed by atoms with Gasteiger partial charge >= 0.3 is 0 Å². The Morgan fingerprint density at radius 1 is 1.50 bits per heavy atom. The number of hydrogen-bond acceptors (Lipinski definition) is 4. The van der Waals surface area contributed by atoms with Gasteiger partial charge in [-0.15, -0.1) is 0 Å². The number of rotatable bonds is 4. The van der Waals surface area contributed by atoms with Crippen LogP contribution in [0.3, 0.4) is 0 Å². The van der Waals surface area contributed by atoms with Crippen LogP contribution in [0.15, 0.2) is 15.4 Å². The van der Waals surface area contributed by atoms with Crippen molar-refractivity contribution in [1.82, 2.24) is 4.72 Å². The Balaban J connectivity index is 2.17. The van der Waals surface area contributed by atoms with E-state index in [0.717, 1.165) is 19.3 Å². The highest BCUT2D eigenvalue weighted by atomic mass is 32.2. The Hall–Kier alpha value is -0.850. The summed E-state index contributed by atoms with van der Waals surface area (Å²) >= 11 is 0. The maximum absolute atomic E-state index is 12.2. The first kappa shape index (κ1) is 13.6. The van der Waals surface area contributed by atoms with Gasteiger partial charge in [0, 0.05) is 12.1 Å². The van der Waals surface area contributed by atoms with Crippen LogP contribution in [0.1, 0.15) is 37.7 Å². The largest absolute Gasteiger partial charge is 0.464 e. The summed E-state index contributed by atoms with van der Waals surface area (Å²) in [6.45, 7) is 3.99. The summed E-state index contributed by atoms with van der Waals surface area (Å²) in [6.07, 6.45) is 2.88. The first-order valence-corrected chi connectivity index (χ1v) is 7.72. The highest BCUT2D eigenvalue weighted by Gasteiger charge is 2.28. The molecule has 1 aromatic heterocycles. The lowest BCUT2D eigenvalue weighted by molar-refractivity contribution is 0.477. The maximum atomic E-state index is 12.2. The molecule has 6 heteroatoms. The highest BCUT2D eigenvalue weighted by molar-refractivity contribution is 7.89. The number of aryl methyl sites for hydroxylation is 1. The van der Waals surface area contributed by atoms with Gasteiger partial charge in [-0.3, -0.25) is 0 Å². The average Bonchev–Trinajstić information content (AvgIpc) is 2.84. The molecule has 0 bridgehead atoms. The number of nitrogens with two attached hydrogens (primary N) is 1. The molecule has 0 amide bonds. The van der Waals surface area contributed by atoms with E-state index >= 15 is 0 Å². The van der Waals surface area contributed by atoms with Crippen LogP contribution in [0.4, 0.5) is 0 Å². The van der Waals surface area contributed by atoms with Gasteiger partial charge in [-0.2, -0.15) is 0 Å². The van der Waals surface area contributed by atoms with Crippen LogP contribution in [0, 0.1) is 12.8 Å². The van der Waals surface area contributed by atoms with Crippen molar-refractivity contribution in [2.24, 2.45) is 11.7 Å². The molecule has 102 valence electrons. The number of sulfonamides is 1. The lowest BCUT2D eigenvalue weighted by Gasteiger charge is -2.12. The van der Waals surface area contributed by atoms with Crippen molar-refractivity contribution in [3.8, 4) is 0 Å². The lowest BCUT2D eigenvalue weighted by atomic mass is 10.1. The van der Waals surface area contributed by atoms with Gasteiger partial charge in [-0.25, -0.2) is 13.1 Å². The summed E-state index contributed by atoms with van der Waals surface area (Å²) in [5, 5.41) is 0. The summed E-state index contributed by atoms with van der Waals surface area (Å²) in [6, 6.07) is 1.55. The standard InChI is InChI=1S/C12H20N2O3S/c1-8-3-4-10(5-8)14-18(15,16)12-6-11(7-13)17-9(12)2/h6,8,10,14H,3-5,7,13H2,1-2H3. The van der Waals surface area contributed by atoms with Crippen molar-refractivity contribution >= 4 is 10.0 Å². The molecule has 2 rings (SSSR count). The predicted molar refractivity (Wildman–Crippen MR) is 68.5 cm³/mol. The molecule has 2 atom stereocenters. The molecule has 1 saturated carbocycles. The van der Waals surface area contributed by atoms with Crippen molar-refractivity contribution in [1.29, 1.82) is 0 Å². The molecule has 3 N–H and O–H groups in total. The summed E-state index contributed by atoms with van der Waals surface area (Å²) in [4.78, 5) is 0.211. The van der Waals surface area contributed by atoms with Crippen LogP contribution in [-0.4, -0.2) is 14.5 Å². The molecule has 1 aliphatic rings. The SMILES string of the molecule is Cc1oc(CN)cc1S(=O)(=O)NC1CCC(C)C1. The summed E-state index contributed by atoms with van der Waals surface area (Å²) in [5.74, 6) is 1.48. The van der Waals surface area contributed by atoms with Gasteiger partial charge in [0.25, 0.3) is 0 Å². The second kappa shape index (κ2) is 5.03. The van der Waals surface area contributed by atoms with Crippen LogP contribution in [-0.2, 0) is 16.6 Å². The molecule has 18 heavy (non-hydrogen) atoms. The second-order valence-corrected chi connectivity index (χ2v) is 6.76. The first-order chi connectivity index (χ1) is 8.42. The topological polar surface area (TPSA) is 85.3 Å². The summed E-state index contributed by atoms with van der Waals surface area (Å²) in [5.41, 5.74) is 5.45. The van der Waals surface area contributed by atoms with Crippen molar-refractivity contribution in [3.63, 3.8) is 0 Å². The Labute approximate surface area is 108 Å². The molecule has 0 spiro atoms. The Morgan fingerprint density at radius 2 is 2.22 bits per heavy atom. The van der Waals surface area contributed by atoms with Gasteiger partial charge in [0.15, 0.2) is 0 Å². The highest BCUT2D eigenvalue weighted by Crippen LogP contribution is 2.27. The third-order valence-electron chi connectivity index (χ3n) is 3.43. The third-order valence-corrected chi connectivity index (χ3v) is 5.06. The Kier molecular flexibility index (Phi) is 3.79. The van der Waals surface area contributed by atoms with E-state index in [-0.39, 0.29) is 17.5 Å². The van der Waals surface area contributed by atoms with E-state index in [0.29, 0.717) is 17.4 Å². The fourth-order valence-electron chi connectivity index (χ4n) is 2.49. The zero-order chi connectivity index (χ0) is 13.3. The molecular formula is C12H20N2O3S. The zero-order valence-electron chi connectivity index (χ0n) is 10.8. The van der Waals surface area contributed by atoms with Gasteiger partial charge in [0.2, 0.25) is 10.0 Å². The monoisotopic (exact) mass is 272 g/mol. The number of furan rings is 1. The van der Waals surface area contributed by atoms with Gasteiger partial charge < -0.3 is 10.2 Å². The number of hydrogen-bond donors (Lipinski definition) is 2. The van der Waals surface area contributed by atoms with Crippen LogP contribution < -0.4 is 10.5 Å². The molecule has 1 aromatic rings. The van der Waals surface area contributed by atoms with Crippen molar-refractivity contribution in [2.45, 2.75) is 50.6 Å². The molecule has 1 fully saturated rings. The minimum absolute atomic E-state index is 0.0422. The van der Waals surface area contributed by atoms with Gasteiger partial charge in [-0.05, 0) is 32.1 Å². The molecule has 1 aliphatic carbocycles. The molecule has 0 radical (unpaired) electrons. The molecule has 0 saturated heterocycles. The van der Waals surface area contributed by atoms with Crippen LogP contribution >= 0.6 is 0 Å². The van der Waals surface area contributed by atoms with E-state index in [1.54, 1.807) is 6.92 Å². The predicted octanol–water partition coefficient (Wildman–Crippen LogP) is 1.51. The van der Waals surface area contributed by atoms with Crippen LogP contribution in [0.5, 0.6) is 0 Å². The molecular weight excluding hydrogens is 252 g/mol. The normalized spacial score (nSPS) is 24.6. The maximum Gasteiger partial charge on any atom is 0.244 e. The van der Waals surface area contributed by atoms with Crippen LogP contribution in [0.25, 0.3) is 0 Å². The molecule has 2 unspecified atom stereocenters. The molecule has 0 aliphatic heterocycles. The van der Waals surface area contributed by atoms with Crippen molar-refractivity contribution in [3.05, 3.63) is 17.6 Å². The molecule has 1 heterocycles.